The number of benzene rings is 1. The van der Waals surface area contributed by atoms with Crippen LogP contribution in [0.5, 0.6) is 0 Å². The minimum atomic E-state index is -4.48. The van der Waals surface area contributed by atoms with E-state index < -0.39 is 48.5 Å². The molecule has 0 aliphatic carbocycles. The van der Waals surface area contributed by atoms with Crippen molar-refractivity contribution in [2.75, 3.05) is 24.5 Å². The normalized spacial score (nSPS) is 17.2. The lowest BCUT2D eigenvalue weighted by molar-refractivity contribution is -0.142. The summed E-state index contributed by atoms with van der Waals surface area (Å²) in [7, 11) is 0. The zero-order valence-electron chi connectivity index (χ0n) is 18.9. The Bertz CT molecular complexity index is 1360. The van der Waals surface area contributed by atoms with Crippen LogP contribution in [0.2, 0.25) is 0 Å². The Kier molecular flexibility index (Phi) is 5.76. The number of fused-ring (bicyclic) bond motifs is 3. The Morgan fingerprint density at radius 2 is 1.86 bits per heavy atom. The summed E-state index contributed by atoms with van der Waals surface area (Å²) in [6, 6.07) is 5.42. The second-order valence-electron chi connectivity index (χ2n) is 9.11. The van der Waals surface area contributed by atoms with Gasteiger partial charge in [-0.1, -0.05) is 0 Å². The number of Topliss-reactive ketones (excluding diaryl/α,β-unsaturated/α-hetero) is 1. The van der Waals surface area contributed by atoms with E-state index in [1.807, 2.05) is 0 Å². The molecule has 2 aliphatic heterocycles. The smallest absolute Gasteiger partial charge is 0.339 e. The monoisotopic (exact) mass is 503 g/mol. The van der Waals surface area contributed by atoms with Gasteiger partial charge >= 0.3 is 6.18 Å². The molecule has 12 heteroatoms. The van der Waals surface area contributed by atoms with Crippen LogP contribution in [0.1, 0.15) is 41.6 Å². The topological polar surface area (TPSA) is 99.3 Å². The number of halogens is 4. The number of carbonyl (C=O) groups is 3. The lowest BCUT2D eigenvalue weighted by Crippen LogP contribution is -2.50. The van der Waals surface area contributed by atoms with Crippen molar-refractivity contribution in [3.8, 4) is 0 Å². The van der Waals surface area contributed by atoms with Crippen LogP contribution < -0.4 is 4.90 Å². The molecule has 2 aliphatic rings. The molecule has 36 heavy (non-hydrogen) atoms. The van der Waals surface area contributed by atoms with Crippen LogP contribution in [0.3, 0.4) is 0 Å². The number of ketones is 1. The summed E-state index contributed by atoms with van der Waals surface area (Å²) in [5.74, 6) is -2.03. The van der Waals surface area contributed by atoms with Gasteiger partial charge in [-0.05, 0) is 42.7 Å². The fourth-order valence-corrected chi connectivity index (χ4v) is 5.01. The maximum Gasteiger partial charge on any atom is 0.389 e. The van der Waals surface area contributed by atoms with Crippen molar-refractivity contribution in [3.63, 3.8) is 0 Å². The number of nitrogens with one attached hydrogen (secondary N) is 1. The maximum atomic E-state index is 14.2. The average molecular weight is 503 g/mol. The van der Waals surface area contributed by atoms with Crippen LogP contribution in [0.25, 0.3) is 11.0 Å². The quantitative estimate of drug-likeness (QED) is 0.537. The number of H-pyrrole nitrogens is 1. The Morgan fingerprint density at radius 1 is 1.11 bits per heavy atom. The van der Waals surface area contributed by atoms with E-state index in [4.69, 9.17) is 0 Å². The van der Waals surface area contributed by atoms with Crippen molar-refractivity contribution < 1.29 is 31.9 Å². The summed E-state index contributed by atoms with van der Waals surface area (Å²) < 4.78 is 51.8. The first-order valence-electron chi connectivity index (χ1n) is 11.4. The second kappa shape index (κ2) is 8.68. The summed E-state index contributed by atoms with van der Waals surface area (Å²) in [5.41, 5.74) is 0.455. The van der Waals surface area contributed by atoms with Gasteiger partial charge < -0.3 is 9.80 Å². The lowest BCUT2D eigenvalue weighted by atomic mass is 9.73. The number of amides is 2. The molecule has 4 heterocycles. The number of nitrogens with zero attached hydrogens (tertiary/aromatic N) is 4. The van der Waals surface area contributed by atoms with E-state index in [0.29, 0.717) is 27.8 Å². The molecule has 1 N–H and O–H groups in total. The number of hydrogen-bond donors (Lipinski definition) is 1. The molecule has 2 aromatic heterocycles. The fourth-order valence-electron chi connectivity index (χ4n) is 5.01. The van der Waals surface area contributed by atoms with Crippen LogP contribution in [-0.2, 0) is 15.0 Å². The Hall–Kier alpha value is -3.83. The molecule has 0 bridgehead atoms. The molecular weight excluding hydrogens is 482 g/mol. The first kappa shape index (κ1) is 23.9. The van der Waals surface area contributed by atoms with Crippen LogP contribution in [0.15, 0.2) is 36.7 Å². The zero-order chi connectivity index (χ0) is 25.7. The number of alkyl halides is 3. The molecule has 0 unspecified atom stereocenters. The van der Waals surface area contributed by atoms with Gasteiger partial charge in [0.05, 0.1) is 30.1 Å². The van der Waals surface area contributed by atoms with Gasteiger partial charge in [0.25, 0.3) is 5.91 Å². The van der Waals surface area contributed by atoms with E-state index in [0.717, 1.165) is 11.0 Å². The molecule has 0 saturated carbocycles. The SMILES string of the molecule is O=C(CCC(F)(F)F)CN1C(=O)C2(CCN(C(=O)c3cnc4[nH]ncc4c3)CC2)c2cc(F)ccc21. The van der Waals surface area contributed by atoms with Crippen LogP contribution in [0, 0.1) is 5.82 Å². The first-order chi connectivity index (χ1) is 17.1. The van der Waals surface area contributed by atoms with Gasteiger partial charge in [-0.25, -0.2) is 9.37 Å². The summed E-state index contributed by atoms with van der Waals surface area (Å²) in [6.07, 6.45) is -3.14. The molecule has 2 amide bonds. The minimum Gasteiger partial charge on any atom is -0.339 e. The van der Waals surface area contributed by atoms with E-state index in [2.05, 4.69) is 15.2 Å². The van der Waals surface area contributed by atoms with E-state index >= 15 is 0 Å². The molecule has 8 nitrogen and oxygen atoms in total. The average Bonchev–Trinajstić information content (AvgIpc) is 3.40. The van der Waals surface area contributed by atoms with Gasteiger partial charge in [0.2, 0.25) is 5.91 Å². The molecule has 0 radical (unpaired) electrons. The van der Waals surface area contributed by atoms with E-state index in [1.165, 1.54) is 18.3 Å². The van der Waals surface area contributed by atoms with Gasteiger partial charge in [0, 0.05) is 36.8 Å². The molecule has 0 atom stereocenters. The largest absolute Gasteiger partial charge is 0.389 e. The summed E-state index contributed by atoms with van der Waals surface area (Å²) in [4.78, 5) is 45.8. The highest BCUT2D eigenvalue weighted by atomic mass is 19.4. The number of piperidine rings is 1. The first-order valence-corrected chi connectivity index (χ1v) is 11.4. The van der Waals surface area contributed by atoms with E-state index in [9.17, 15) is 31.9 Å². The highest BCUT2D eigenvalue weighted by Crippen LogP contribution is 2.48. The lowest BCUT2D eigenvalue weighted by Gasteiger charge is -2.38. The Labute approximate surface area is 202 Å². The number of likely N-dealkylation sites (tertiary alicyclic amines) is 1. The second-order valence-corrected chi connectivity index (χ2v) is 9.11. The third-order valence-corrected chi connectivity index (χ3v) is 6.88. The molecule has 188 valence electrons. The molecular formula is C24H21F4N5O3. The highest BCUT2D eigenvalue weighted by molar-refractivity contribution is 6.11. The van der Waals surface area contributed by atoms with Crippen molar-refractivity contribution in [1.82, 2.24) is 20.1 Å². The molecule has 1 saturated heterocycles. The van der Waals surface area contributed by atoms with Gasteiger partial charge in [-0.3, -0.25) is 19.5 Å². The van der Waals surface area contributed by atoms with E-state index in [-0.39, 0.29) is 31.8 Å². The van der Waals surface area contributed by atoms with Crippen molar-refractivity contribution in [1.29, 1.82) is 0 Å². The van der Waals surface area contributed by atoms with Gasteiger partial charge in [-0.15, -0.1) is 0 Å². The van der Waals surface area contributed by atoms with Crippen LogP contribution >= 0.6 is 0 Å². The number of carbonyl (C=O) groups excluding carboxylic acids is 3. The molecule has 1 aromatic carbocycles. The number of aromatic nitrogens is 3. The molecule has 1 fully saturated rings. The molecule has 3 aromatic rings. The zero-order valence-corrected chi connectivity index (χ0v) is 18.9. The van der Waals surface area contributed by atoms with Crippen molar-refractivity contribution >= 4 is 34.3 Å². The minimum absolute atomic E-state index is 0.183. The number of aromatic amines is 1. The standard InChI is InChI=1S/C24H21F4N5O3/c25-16-1-2-19-18(10-16)23(22(36)33(19)13-17(34)3-4-24(26,27)28)5-7-32(8-6-23)21(35)15-9-14-12-30-31-20(14)29-11-15/h1-2,9-12H,3-8,13H2,(H,29,30,31). The maximum absolute atomic E-state index is 14.2. The predicted octanol–water partition coefficient (Wildman–Crippen LogP) is 3.53. The van der Waals surface area contributed by atoms with E-state index in [1.54, 1.807) is 17.2 Å². The number of pyridine rings is 1. The summed E-state index contributed by atoms with van der Waals surface area (Å²) in [5, 5.41) is 7.27. The number of hydrogen-bond acceptors (Lipinski definition) is 5. The highest BCUT2D eigenvalue weighted by Gasteiger charge is 2.53. The van der Waals surface area contributed by atoms with Crippen LogP contribution in [-0.4, -0.2) is 63.5 Å². The number of anilines is 1. The molecule has 1 spiro atoms. The van der Waals surface area contributed by atoms with Crippen LogP contribution in [0.4, 0.5) is 23.2 Å². The predicted molar refractivity (Wildman–Crippen MR) is 120 cm³/mol. The van der Waals surface area contributed by atoms with Crippen molar-refractivity contribution in [3.05, 3.63) is 53.6 Å². The van der Waals surface area contributed by atoms with Crippen molar-refractivity contribution in [2.24, 2.45) is 0 Å². The van der Waals surface area contributed by atoms with Gasteiger partial charge in [-0.2, -0.15) is 18.3 Å². The van der Waals surface area contributed by atoms with Gasteiger partial charge in [0.1, 0.15) is 5.82 Å². The Morgan fingerprint density at radius 3 is 2.58 bits per heavy atom. The third kappa shape index (κ3) is 4.20. The van der Waals surface area contributed by atoms with Crippen molar-refractivity contribution in [2.45, 2.75) is 37.3 Å². The Balaban J connectivity index is 1.35. The number of rotatable bonds is 5. The summed E-state index contributed by atoms with van der Waals surface area (Å²) >= 11 is 0. The van der Waals surface area contributed by atoms with Gasteiger partial charge in [0.15, 0.2) is 11.4 Å². The third-order valence-electron chi connectivity index (χ3n) is 6.88. The summed E-state index contributed by atoms with van der Waals surface area (Å²) in [6.45, 7) is -0.131. The fraction of sp³-hybridized carbons (Fsp3) is 0.375. The molecule has 5 rings (SSSR count).